The summed E-state index contributed by atoms with van der Waals surface area (Å²) in [4.78, 5) is 25.3. The van der Waals surface area contributed by atoms with Crippen LogP contribution in [0.2, 0.25) is 0 Å². The molecule has 1 aromatic carbocycles. The van der Waals surface area contributed by atoms with Crippen molar-refractivity contribution < 1.29 is 14.0 Å². The van der Waals surface area contributed by atoms with Crippen LogP contribution in [-0.2, 0) is 4.79 Å². The van der Waals surface area contributed by atoms with Crippen LogP contribution in [0, 0.1) is 5.82 Å². The monoisotopic (exact) mass is 331 g/mol. The molecule has 1 saturated heterocycles. The van der Waals surface area contributed by atoms with Crippen LogP contribution in [0.15, 0.2) is 36.7 Å². The second-order valence-corrected chi connectivity index (χ2v) is 5.72. The second-order valence-electron chi connectivity index (χ2n) is 5.72. The van der Waals surface area contributed by atoms with Crippen molar-refractivity contribution in [2.24, 2.45) is 0 Å². The number of hydrogen-bond acceptors (Lipinski definition) is 3. The molecular weight excluding hydrogens is 313 g/mol. The van der Waals surface area contributed by atoms with Crippen molar-refractivity contribution in [2.75, 3.05) is 18.9 Å². The van der Waals surface area contributed by atoms with Crippen molar-refractivity contribution in [1.29, 1.82) is 0 Å². The molecule has 2 heterocycles. The van der Waals surface area contributed by atoms with Crippen molar-refractivity contribution >= 4 is 17.6 Å². The number of anilines is 1. The molecule has 0 spiro atoms. The van der Waals surface area contributed by atoms with Gasteiger partial charge in [-0.25, -0.2) is 13.9 Å². The highest BCUT2D eigenvalue weighted by Crippen LogP contribution is 2.21. The molecule has 0 unspecified atom stereocenters. The molecule has 1 aliphatic heterocycles. The number of carbonyl (C=O) groups is 2. The number of nitrogens with one attached hydrogen (secondary N) is 2. The Morgan fingerprint density at radius 1 is 1.42 bits per heavy atom. The van der Waals surface area contributed by atoms with Crippen LogP contribution in [-0.4, -0.2) is 46.3 Å². The molecule has 1 aromatic heterocycles. The van der Waals surface area contributed by atoms with E-state index in [1.54, 1.807) is 41.2 Å². The number of benzene rings is 1. The summed E-state index contributed by atoms with van der Waals surface area (Å²) in [5.41, 5.74) is 0.879. The van der Waals surface area contributed by atoms with E-state index in [9.17, 15) is 14.0 Å². The number of piperidine rings is 1. The summed E-state index contributed by atoms with van der Waals surface area (Å²) >= 11 is 0. The summed E-state index contributed by atoms with van der Waals surface area (Å²) in [5.74, 6) is -0.385. The number of rotatable bonds is 3. The van der Waals surface area contributed by atoms with E-state index >= 15 is 0 Å². The molecule has 1 aliphatic rings. The summed E-state index contributed by atoms with van der Waals surface area (Å²) in [6.07, 6.45) is 4.30. The highest BCUT2D eigenvalue weighted by molar-refractivity contribution is 5.92. The van der Waals surface area contributed by atoms with E-state index in [0.717, 1.165) is 0 Å². The van der Waals surface area contributed by atoms with Gasteiger partial charge in [0.1, 0.15) is 5.82 Å². The second kappa shape index (κ2) is 6.69. The Morgan fingerprint density at radius 3 is 2.96 bits per heavy atom. The highest BCUT2D eigenvalue weighted by atomic mass is 19.1. The van der Waals surface area contributed by atoms with Crippen LogP contribution in [0.5, 0.6) is 0 Å². The minimum absolute atomic E-state index is 0.0690. The minimum Gasteiger partial charge on any atom is -0.344 e. The van der Waals surface area contributed by atoms with E-state index in [4.69, 9.17) is 0 Å². The fraction of sp³-hybridized carbons (Fsp3) is 0.312. The number of carbonyl (C=O) groups excluding carboxylic acids is 2. The maximum Gasteiger partial charge on any atom is 0.319 e. The molecule has 7 nitrogen and oxygen atoms in total. The molecule has 126 valence electrons. The van der Waals surface area contributed by atoms with Crippen LogP contribution in [0.3, 0.4) is 0 Å². The van der Waals surface area contributed by atoms with Gasteiger partial charge in [0.05, 0.1) is 11.4 Å². The summed E-state index contributed by atoms with van der Waals surface area (Å²) in [6.45, 7) is 0.460. The molecule has 2 N–H and O–H groups in total. The maximum absolute atomic E-state index is 13.5. The zero-order valence-electron chi connectivity index (χ0n) is 13.2. The van der Waals surface area contributed by atoms with E-state index < -0.39 is 11.8 Å². The number of hydrogen-bond donors (Lipinski definition) is 2. The highest BCUT2D eigenvalue weighted by Gasteiger charge is 2.24. The molecule has 3 rings (SSSR count). The van der Waals surface area contributed by atoms with Crippen molar-refractivity contribution in [3.05, 3.63) is 42.5 Å². The third kappa shape index (κ3) is 3.53. The fourth-order valence-corrected chi connectivity index (χ4v) is 2.69. The zero-order chi connectivity index (χ0) is 17.1. The standard InChI is InChI=1S/C16H18FN5O2/c1-21-10-12(4-6-15(21)23)19-16(24)20-13-9-11(17)3-5-14(13)22-8-2-7-18-22/h2-3,5,7-9,12H,4,6,10H2,1H3,(H2,19,20,24)/t12-/m0/s1. The van der Waals surface area contributed by atoms with Gasteiger partial charge in [0.2, 0.25) is 5.91 Å². The summed E-state index contributed by atoms with van der Waals surface area (Å²) < 4.78 is 15.1. The topological polar surface area (TPSA) is 79.3 Å². The van der Waals surface area contributed by atoms with Crippen LogP contribution in [0.1, 0.15) is 12.8 Å². The molecule has 24 heavy (non-hydrogen) atoms. The van der Waals surface area contributed by atoms with Crippen LogP contribution < -0.4 is 10.6 Å². The first-order valence-electron chi connectivity index (χ1n) is 7.64. The first-order valence-corrected chi connectivity index (χ1v) is 7.64. The Morgan fingerprint density at radius 2 is 2.25 bits per heavy atom. The molecule has 0 saturated carbocycles. The van der Waals surface area contributed by atoms with Gasteiger partial charge in [-0.15, -0.1) is 0 Å². The van der Waals surface area contributed by atoms with Crippen LogP contribution in [0.4, 0.5) is 14.9 Å². The van der Waals surface area contributed by atoms with Gasteiger partial charge in [0, 0.05) is 38.4 Å². The number of likely N-dealkylation sites (tertiary alicyclic amines) is 1. The SMILES string of the molecule is CN1C[C@@H](NC(=O)Nc2cc(F)ccc2-n2cccn2)CCC1=O. The van der Waals surface area contributed by atoms with Gasteiger partial charge in [-0.2, -0.15) is 5.10 Å². The minimum atomic E-state index is -0.454. The average Bonchev–Trinajstić information content (AvgIpc) is 3.05. The van der Waals surface area contributed by atoms with Crippen LogP contribution in [0.25, 0.3) is 5.69 Å². The maximum atomic E-state index is 13.5. The van der Waals surface area contributed by atoms with Gasteiger partial charge in [0.25, 0.3) is 0 Å². The Hall–Kier alpha value is -2.90. The van der Waals surface area contributed by atoms with E-state index in [0.29, 0.717) is 30.8 Å². The van der Waals surface area contributed by atoms with Gasteiger partial charge in [-0.05, 0) is 30.7 Å². The molecular formula is C16H18FN5O2. The number of urea groups is 1. The van der Waals surface area contributed by atoms with Crippen LogP contribution >= 0.6 is 0 Å². The predicted molar refractivity (Wildman–Crippen MR) is 86.3 cm³/mol. The van der Waals surface area contributed by atoms with E-state index in [-0.39, 0.29) is 11.9 Å². The number of amides is 3. The third-order valence-electron chi connectivity index (χ3n) is 3.92. The van der Waals surface area contributed by atoms with Crippen molar-refractivity contribution in [3.8, 4) is 5.69 Å². The average molecular weight is 331 g/mol. The Balaban J connectivity index is 1.70. The Labute approximate surface area is 138 Å². The van der Waals surface area contributed by atoms with E-state index in [1.807, 2.05) is 0 Å². The zero-order valence-corrected chi connectivity index (χ0v) is 13.2. The largest absolute Gasteiger partial charge is 0.344 e. The summed E-state index contributed by atoms with van der Waals surface area (Å²) in [6, 6.07) is 5.26. The Kier molecular flexibility index (Phi) is 4.45. The van der Waals surface area contributed by atoms with Gasteiger partial charge in [-0.3, -0.25) is 4.79 Å². The summed E-state index contributed by atoms with van der Waals surface area (Å²) in [7, 11) is 1.70. The lowest BCUT2D eigenvalue weighted by Gasteiger charge is -2.30. The molecule has 8 heteroatoms. The molecule has 0 bridgehead atoms. The van der Waals surface area contributed by atoms with Gasteiger partial charge < -0.3 is 15.5 Å². The molecule has 3 amide bonds. The normalized spacial score (nSPS) is 17.7. The van der Waals surface area contributed by atoms with Gasteiger partial charge >= 0.3 is 6.03 Å². The fourth-order valence-electron chi connectivity index (χ4n) is 2.69. The number of halogens is 1. The smallest absolute Gasteiger partial charge is 0.319 e. The summed E-state index contributed by atoms with van der Waals surface area (Å²) in [5, 5.41) is 9.57. The lowest BCUT2D eigenvalue weighted by atomic mass is 10.1. The third-order valence-corrected chi connectivity index (χ3v) is 3.92. The predicted octanol–water partition coefficient (Wildman–Crippen LogP) is 1.75. The van der Waals surface area contributed by atoms with Crippen molar-refractivity contribution in [1.82, 2.24) is 20.0 Å². The van der Waals surface area contributed by atoms with E-state index in [1.165, 1.54) is 12.1 Å². The number of likely N-dealkylation sites (N-methyl/N-ethyl adjacent to an activating group) is 1. The molecule has 0 aliphatic carbocycles. The lowest BCUT2D eigenvalue weighted by Crippen LogP contribution is -2.49. The lowest BCUT2D eigenvalue weighted by molar-refractivity contribution is -0.132. The molecule has 2 aromatic rings. The van der Waals surface area contributed by atoms with Gasteiger partial charge in [-0.1, -0.05) is 0 Å². The Bertz CT molecular complexity index is 747. The quantitative estimate of drug-likeness (QED) is 0.899. The molecule has 1 atom stereocenters. The number of aromatic nitrogens is 2. The van der Waals surface area contributed by atoms with Crippen molar-refractivity contribution in [2.45, 2.75) is 18.9 Å². The molecule has 1 fully saturated rings. The van der Waals surface area contributed by atoms with E-state index in [2.05, 4.69) is 15.7 Å². The first kappa shape index (κ1) is 16.0. The molecule has 0 radical (unpaired) electrons. The van der Waals surface area contributed by atoms with Crippen molar-refractivity contribution in [3.63, 3.8) is 0 Å². The first-order chi connectivity index (χ1) is 11.5. The number of nitrogens with zero attached hydrogens (tertiary/aromatic N) is 3. The van der Waals surface area contributed by atoms with Gasteiger partial charge in [0.15, 0.2) is 0 Å².